The molecule has 0 aromatic heterocycles. The number of amides is 1. The van der Waals surface area contributed by atoms with E-state index in [1.165, 1.54) is 0 Å². The lowest BCUT2D eigenvalue weighted by Gasteiger charge is -2.31. The molecule has 0 heterocycles. The molecule has 0 atom stereocenters. The Morgan fingerprint density at radius 1 is 1.35 bits per heavy atom. The van der Waals surface area contributed by atoms with Crippen LogP contribution in [-0.4, -0.2) is 37.3 Å². The van der Waals surface area contributed by atoms with Gasteiger partial charge in [0.05, 0.1) is 17.7 Å². The average Bonchev–Trinajstić information content (AvgIpc) is 2.44. The number of carbonyl (C=O) groups is 1. The molecular formula is C15H25N3O2. The van der Waals surface area contributed by atoms with Gasteiger partial charge in [-0.1, -0.05) is 13.8 Å². The fourth-order valence-electron chi connectivity index (χ4n) is 2.12. The normalized spacial score (nSPS) is 11.2. The smallest absolute Gasteiger partial charge is 0.253 e. The number of anilines is 2. The maximum Gasteiger partial charge on any atom is 0.253 e. The third-order valence-electron chi connectivity index (χ3n) is 3.78. The Morgan fingerprint density at radius 3 is 2.40 bits per heavy atom. The molecule has 1 amide bonds. The van der Waals surface area contributed by atoms with Crippen LogP contribution in [0.4, 0.5) is 11.4 Å². The zero-order valence-electron chi connectivity index (χ0n) is 12.7. The van der Waals surface area contributed by atoms with Crippen LogP contribution in [0, 0.1) is 0 Å². The standard InChI is InChI=1S/C15H25N3O2/c1-5-15(6-2,10-19)17-14(20)12-9-11(16)7-8-13(12)18(3)4/h7-9,19H,5-6,10,16H2,1-4H3,(H,17,20). The molecule has 1 aromatic carbocycles. The molecule has 4 N–H and O–H groups in total. The number of nitrogen functional groups attached to an aromatic ring is 1. The van der Waals surface area contributed by atoms with Gasteiger partial charge in [-0.2, -0.15) is 0 Å². The summed E-state index contributed by atoms with van der Waals surface area (Å²) in [4.78, 5) is 14.4. The van der Waals surface area contributed by atoms with Crippen molar-refractivity contribution >= 4 is 17.3 Å². The second-order valence-electron chi connectivity index (χ2n) is 5.27. The van der Waals surface area contributed by atoms with Crippen molar-refractivity contribution in [3.05, 3.63) is 23.8 Å². The molecule has 1 rings (SSSR count). The summed E-state index contributed by atoms with van der Waals surface area (Å²) in [5.41, 5.74) is 7.07. The average molecular weight is 279 g/mol. The zero-order chi connectivity index (χ0) is 15.3. The third kappa shape index (κ3) is 3.42. The van der Waals surface area contributed by atoms with Crippen molar-refractivity contribution in [2.45, 2.75) is 32.2 Å². The minimum Gasteiger partial charge on any atom is -0.399 e. The quantitative estimate of drug-likeness (QED) is 0.691. The minimum absolute atomic E-state index is 0.0780. The van der Waals surface area contributed by atoms with E-state index in [9.17, 15) is 9.90 Å². The highest BCUT2D eigenvalue weighted by Gasteiger charge is 2.28. The molecule has 1 aromatic rings. The molecule has 0 bridgehead atoms. The lowest BCUT2D eigenvalue weighted by molar-refractivity contribution is 0.0818. The topological polar surface area (TPSA) is 78.6 Å². The molecule has 5 heteroatoms. The van der Waals surface area contributed by atoms with Crippen LogP contribution in [0.3, 0.4) is 0 Å². The zero-order valence-corrected chi connectivity index (χ0v) is 12.7. The van der Waals surface area contributed by atoms with Crippen LogP contribution in [-0.2, 0) is 0 Å². The molecule has 0 saturated carbocycles. The van der Waals surface area contributed by atoms with Crippen LogP contribution >= 0.6 is 0 Å². The Hall–Kier alpha value is -1.75. The summed E-state index contributed by atoms with van der Waals surface area (Å²) in [6, 6.07) is 5.26. The second kappa shape index (κ2) is 6.61. The summed E-state index contributed by atoms with van der Waals surface area (Å²) >= 11 is 0. The lowest BCUT2D eigenvalue weighted by Crippen LogP contribution is -2.50. The molecule has 0 aliphatic heterocycles. The highest BCUT2D eigenvalue weighted by atomic mass is 16.3. The maximum atomic E-state index is 12.5. The first-order valence-corrected chi connectivity index (χ1v) is 6.89. The number of aliphatic hydroxyl groups is 1. The number of aliphatic hydroxyl groups excluding tert-OH is 1. The third-order valence-corrected chi connectivity index (χ3v) is 3.78. The molecule has 0 fully saturated rings. The van der Waals surface area contributed by atoms with Crippen molar-refractivity contribution in [2.75, 3.05) is 31.3 Å². The fraction of sp³-hybridized carbons (Fsp3) is 0.533. The molecular weight excluding hydrogens is 254 g/mol. The molecule has 0 aliphatic carbocycles. The van der Waals surface area contributed by atoms with Gasteiger partial charge in [-0.3, -0.25) is 4.79 Å². The molecule has 112 valence electrons. The van der Waals surface area contributed by atoms with Crippen LogP contribution in [0.25, 0.3) is 0 Å². The van der Waals surface area contributed by atoms with Crippen molar-refractivity contribution in [3.63, 3.8) is 0 Å². The Labute approximate surface area is 120 Å². The predicted octanol–water partition coefficient (Wildman–Crippen LogP) is 1.62. The van der Waals surface area contributed by atoms with Gasteiger partial charge in [0.1, 0.15) is 0 Å². The molecule has 0 saturated heterocycles. The SMILES string of the molecule is CCC(CC)(CO)NC(=O)c1cc(N)ccc1N(C)C. The second-order valence-corrected chi connectivity index (χ2v) is 5.27. The highest BCUT2D eigenvalue weighted by Crippen LogP contribution is 2.23. The first-order chi connectivity index (χ1) is 9.39. The van der Waals surface area contributed by atoms with E-state index in [4.69, 9.17) is 5.73 Å². The first-order valence-electron chi connectivity index (χ1n) is 6.89. The van der Waals surface area contributed by atoms with Crippen molar-refractivity contribution in [3.8, 4) is 0 Å². The van der Waals surface area contributed by atoms with E-state index in [0.29, 0.717) is 24.1 Å². The van der Waals surface area contributed by atoms with Gasteiger partial charge in [0.25, 0.3) is 5.91 Å². The van der Waals surface area contributed by atoms with Gasteiger partial charge in [-0.25, -0.2) is 0 Å². The minimum atomic E-state index is -0.578. The maximum absolute atomic E-state index is 12.5. The number of nitrogens with two attached hydrogens (primary N) is 1. The summed E-state index contributed by atoms with van der Waals surface area (Å²) in [7, 11) is 3.75. The van der Waals surface area contributed by atoms with E-state index in [2.05, 4.69) is 5.32 Å². The summed E-state index contributed by atoms with van der Waals surface area (Å²) in [5, 5.41) is 12.5. The van der Waals surface area contributed by atoms with E-state index in [-0.39, 0.29) is 12.5 Å². The Bertz CT molecular complexity index is 460. The predicted molar refractivity (Wildman–Crippen MR) is 83.0 cm³/mol. The van der Waals surface area contributed by atoms with Crippen LogP contribution in [0.1, 0.15) is 37.0 Å². The fourth-order valence-corrected chi connectivity index (χ4v) is 2.12. The molecule has 0 radical (unpaired) electrons. The van der Waals surface area contributed by atoms with Crippen molar-refractivity contribution in [1.29, 1.82) is 0 Å². The van der Waals surface area contributed by atoms with E-state index in [1.807, 2.05) is 38.9 Å². The van der Waals surface area contributed by atoms with Crippen LogP contribution in [0.5, 0.6) is 0 Å². The van der Waals surface area contributed by atoms with Crippen LogP contribution in [0.2, 0.25) is 0 Å². The van der Waals surface area contributed by atoms with Gasteiger partial charge in [0.15, 0.2) is 0 Å². The number of nitrogens with zero attached hydrogens (tertiary/aromatic N) is 1. The molecule has 20 heavy (non-hydrogen) atoms. The number of nitrogens with one attached hydrogen (secondary N) is 1. The summed E-state index contributed by atoms with van der Waals surface area (Å²) in [6.45, 7) is 3.82. The molecule has 0 aliphatic rings. The summed E-state index contributed by atoms with van der Waals surface area (Å²) in [6.07, 6.45) is 1.34. The summed E-state index contributed by atoms with van der Waals surface area (Å²) < 4.78 is 0. The van der Waals surface area contributed by atoms with Gasteiger partial charge in [0.2, 0.25) is 0 Å². The van der Waals surface area contributed by atoms with Gasteiger partial charge < -0.3 is 21.1 Å². The monoisotopic (exact) mass is 279 g/mol. The van der Waals surface area contributed by atoms with E-state index in [1.54, 1.807) is 12.1 Å². The number of hydrogen-bond acceptors (Lipinski definition) is 4. The van der Waals surface area contributed by atoms with E-state index in [0.717, 1.165) is 5.69 Å². The Kier molecular flexibility index (Phi) is 5.39. The molecule has 0 unspecified atom stereocenters. The first kappa shape index (κ1) is 16.3. The molecule has 0 spiro atoms. The molecule has 5 nitrogen and oxygen atoms in total. The Morgan fingerprint density at radius 2 is 1.95 bits per heavy atom. The summed E-state index contributed by atoms with van der Waals surface area (Å²) in [5.74, 6) is -0.209. The number of hydrogen-bond donors (Lipinski definition) is 3. The van der Waals surface area contributed by atoms with Gasteiger partial charge in [-0.15, -0.1) is 0 Å². The number of carbonyl (C=O) groups excluding carboxylic acids is 1. The van der Waals surface area contributed by atoms with E-state index < -0.39 is 5.54 Å². The van der Waals surface area contributed by atoms with Crippen molar-refractivity contribution < 1.29 is 9.90 Å². The van der Waals surface area contributed by atoms with Crippen molar-refractivity contribution in [2.24, 2.45) is 0 Å². The largest absolute Gasteiger partial charge is 0.399 e. The number of benzene rings is 1. The van der Waals surface area contributed by atoms with Gasteiger partial charge >= 0.3 is 0 Å². The van der Waals surface area contributed by atoms with Crippen LogP contribution in [0.15, 0.2) is 18.2 Å². The van der Waals surface area contributed by atoms with Crippen LogP contribution < -0.4 is 16.0 Å². The lowest BCUT2D eigenvalue weighted by atomic mass is 9.93. The number of rotatable bonds is 6. The van der Waals surface area contributed by atoms with E-state index >= 15 is 0 Å². The van der Waals surface area contributed by atoms with Crippen molar-refractivity contribution in [1.82, 2.24) is 5.32 Å². The highest BCUT2D eigenvalue weighted by molar-refractivity contribution is 6.01. The van der Waals surface area contributed by atoms with Gasteiger partial charge in [0, 0.05) is 25.5 Å². The Balaban J connectivity index is 3.11. The van der Waals surface area contributed by atoms with Gasteiger partial charge in [-0.05, 0) is 31.0 Å².